The number of aliphatic hydroxyl groups is 1. The van der Waals surface area contributed by atoms with E-state index in [4.69, 9.17) is 0 Å². The van der Waals surface area contributed by atoms with Gasteiger partial charge in [0.2, 0.25) is 5.60 Å². The fourth-order valence-electron chi connectivity index (χ4n) is 2.79. The van der Waals surface area contributed by atoms with Gasteiger partial charge in [-0.15, -0.1) is 11.3 Å². The second kappa shape index (κ2) is 5.75. The van der Waals surface area contributed by atoms with Crippen molar-refractivity contribution >= 4 is 23.2 Å². The van der Waals surface area contributed by atoms with E-state index >= 15 is 0 Å². The summed E-state index contributed by atoms with van der Waals surface area (Å²) in [6.07, 6.45) is 0. The fraction of sp³-hybridized carbons (Fsp3) is 0.312. The molecule has 1 aromatic heterocycles. The number of likely N-dealkylation sites (tertiary alicyclic amines) is 1. The van der Waals surface area contributed by atoms with Gasteiger partial charge in [-0.3, -0.25) is 9.59 Å². The highest BCUT2D eigenvalue weighted by Gasteiger charge is 2.59. The quantitative estimate of drug-likeness (QED) is 0.883. The zero-order chi connectivity index (χ0) is 16.6. The molecule has 0 bridgehead atoms. The van der Waals surface area contributed by atoms with Gasteiger partial charge in [0, 0.05) is 24.2 Å². The summed E-state index contributed by atoms with van der Waals surface area (Å²) in [4.78, 5) is 29.8. The Morgan fingerprint density at radius 1 is 1.43 bits per heavy atom. The highest BCUT2D eigenvalue weighted by molar-refractivity contribution is 7.10. The second-order valence-electron chi connectivity index (χ2n) is 5.62. The molecule has 2 heterocycles. The van der Waals surface area contributed by atoms with Crippen LogP contribution in [0, 0.1) is 12.8 Å². The van der Waals surface area contributed by atoms with Crippen LogP contribution in [0.25, 0.3) is 0 Å². The molecule has 1 aromatic carbocycles. The molecule has 1 aliphatic heterocycles. The Bertz CT molecular complexity index is 746. The van der Waals surface area contributed by atoms with Crippen LogP contribution < -0.4 is 0 Å². The van der Waals surface area contributed by atoms with Crippen LogP contribution in [0.15, 0.2) is 35.7 Å². The summed E-state index contributed by atoms with van der Waals surface area (Å²) in [5.41, 5.74) is -0.569. The van der Waals surface area contributed by atoms with E-state index in [1.165, 1.54) is 4.90 Å². The monoisotopic (exact) mass is 332 g/mol. The zero-order valence-corrected chi connectivity index (χ0v) is 13.3. The van der Waals surface area contributed by atoms with Crippen molar-refractivity contribution in [1.29, 1.82) is 0 Å². The average Bonchev–Trinajstić information content (AvgIpc) is 3.06. The number of aliphatic carboxylic acids is 1. The van der Waals surface area contributed by atoms with Gasteiger partial charge < -0.3 is 15.1 Å². The number of amides is 1. The molecule has 0 spiro atoms. The van der Waals surface area contributed by atoms with Gasteiger partial charge in [-0.2, -0.15) is 0 Å². The van der Waals surface area contributed by atoms with Crippen molar-refractivity contribution in [3.8, 4) is 0 Å². The van der Waals surface area contributed by atoms with Crippen LogP contribution in [0.5, 0.6) is 0 Å². The number of rotatable bonds is 4. The number of carboxylic acid groups (broad SMARTS) is 1. The topological polar surface area (TPSA) is 90.7 Å². The molecule has 1 fully saturated rings. The fourth-order valence-corrected chi connectivity index (χ4v) is 3.73. The number of thiazole rings is 1. The lowest BCUT2D eigenvalue weighted by molar-refractivity contribution is -0.157. The van der Waals surface area contributed by atoms with Crippen molar-refractivity contribution in [1.82, 2.24) is 9.88 Å². The van der Waals surface area contributed by atoms with Crippen LogP contribution in [-0.4, -0.2) is 38.5 Å². The highest BCUT2D eigenvalue weighted by atomic mass is 32.1. The third-order valence-corrected chi connectivity index (χ3v) is 5.06. The smallest absolute Gasteiger partial charge is 0.312 e. The van der Waals surface area contributed by atoms with Crippen LogP contribution in [0.4, 0.5) is 0 Å². The maximum atomic E-state index is 12.7. The predicted molar refractivity (Wildman–Crippen MR) is 83.7 cm³/mol. The summed E-state index contributed by atoms with van der Waals surface area (Å²) in [6, 6.07) is 9.27. The number of carbonyl (C=O) groups is 2. The third-order valence-electron chi connectivity index (χ3n) is 3.98. The van der Waals surface area contributed by atoms with Crippen LogP contribution >= 0.6 is 11.3 Å². The first-order valence-electron chi connectivity index (χ1n) is 7.14. The van der Waals surface area contributed by atoms with Crippen LogP contribution in [0.1, 0.15) is 16.3 Å². The van der Waals surface area contributed by atoms with Gasteiger partial charge in [0.1, 0.15) is 10.9 Å². The number of nitrogens with zero attached hydrogens (tertiary/aromatic N) is 2. The molecule has 2 N–H and O–H groups in total. The second-order valence-corrected chi connectivity index (χ2v) is 6.48. The molecule has 1 amide bonds. The largest absolute Gasteiger partial charge is 0.481 e. The summed E-state index contributed by atoms with van der Waals surface area (Å²) in [5, 5.41) is 22.2. The first-order valence-corrected chi connectivity index (χ1v) is 8.02. The summed E-state index contributed by atoms with van der Waals surface area (Å²) < 4.78 is 0. The lowest BCUT2D eigenvalue weighted by Crippen LogP contribution is -2.43. The number of aryl methyl sites for hydroxylation is 1. The van der Waals surface area contributed by atoms with E-state index in [0.29, 0.717) is 5.69 Å². The predicted octanol–water partition coefficient (Wildman–Crippen LogP) is 1.38. The van der Waals surface area contributed by atoms with Gasteiger partial charge >= 0.3 is 5.97 Å². The number of aromatic nitrogens is 1. The number of hydrogen-bond acceptors (Lipinski definition) is 5. The summed E-state index contributed by atoms with van der Waals surface area (Å²) in [7, 11) is 0. The van der Waals surface area contributed by atoms with Crippen molar-refractivity contribution in [2.75, 3.05) is 6.54 Å². The first-order chi connectivity index (χ1) is 10.9. The average molecular weight is 332 g/mol. The normalized spacial score (nSPS) is 24.2. The van der Waals surface area contributed by atoms with Crippen LogP contribution in [0.3, 0.4) is 0 Å². The van der Waals surface area contributed by atoms with Gasteiger partial charge in [-0.05, 0) is 12.5 Å². The van der Waals surface area contributed by atoms with Crippen molar-refractivity contribution in [2.45, 2.75) is 19.1 Å². The molecular weight excluding hydrogens is 316 g/mol. The third kappa shape index (κ3) is 2.62. The van der Waals surface area contributed by atoms with Crippen molar-refractivity contribution in [2.24, 2.45) is 5.92 Å². The molecule has 3 rings (SSSR count). The van der Waals surface area contributed by atoms with Gasteiger partial charge in [0.05, 0.1) is 0 Å². The van der Waals surface area contributed by atoms with Crippen molar-refractivity contribution in [3.63, 3.8) is 0 Å². The van der Waals surface area contributed by atoms with Gasteiger partial charge in [-0.1, -0.05) is 30.3 Å². The molecule has 23 heavy (non-hydrogen) atoms. The Labute approximate surface area is 137 Å². The summed E-state index contributed by atoms with van der Waals surface area (Å²) >= 11 is 1.11. The first kappa shape index (κ1) is 15.6. The van der Waals surface area contributed by atoms with Crippen LogP contribution in [0.2, 0.25) is 0 Å². The summed E-state index contributed by atoms with van der Waals surface area (Å²) in [5.74, 6) is -3.04. The van der Waals surface area contributed by atoms with E-state index in [9.17, 15) is 19.8 Å². The van der Waals surface area contributed by atoms with E-state index in [-0.39, 0.29) is 18.1 Å². The SMILES string of the molecule is Cc1csc([C@]2(O)C(=O)N(Cc3ccccc3)C[C@H]2C(=O)O)n1. The molecule has 0 unspecified atom stereocenters. The molecule has 2 atom stereocenters. The highest BCUT2D eigenvalue weighted by Crippen LogP contribution is 2.40. The Kier molecular flexibility index (Phi) is 3.91. The molecule has 6 nitrogen and oxygen atoms in total. The van der Waals surface area contributed by atoms with Gasteiger partial charge in [0.25, 0.3) is 5.91 Å². The zero-order valence-electron chi connectivity index (χ0n) is 12.5. The standard InChI is InChI=1S/C16H16N2O4S/c1-10-9-23-14(17-10)16(22)12(13(19)20)8-18(15(16)21)7-11-5-3-2-4-6-11/h2-6,9,12,22H,7-8H2,1H3,(H,19,20)/t12-,16-/m0/s1. The molecule has 2 aromatic rings. The molecule has 1 aliphatic rings. The minimum atomic E-state index is -2.10. The number of carbonyl (C=O) groups excluding carboxylic acids is 1. The lowest BCUT2D eigenvalue weighted by atomic mass is 9.91. The Morgan fingerprint density at radius 2 is 2.13 bits per heavy atom. The minimum absolute atomic E-state index is 0.0435. The Balaban J connectivity index is 1.95. The van der Waals surface area contributed by atoms with E-state index in [1.54, 1.807) is 12.3 Å². The minimum Gasteiger partial charge on any atom is -0.481 e. The van der Waals surface area contributed by atoms with Gasteiger partial charge in [-0.25, -0.2) is 4.98 Å². The van der Waals surface area contributed by atoms with E-state index in [2.05, 4.69) is 4.98 Å². The molecular formula is C16H16N2O4S. The molecule has 1 saturated heterocycles. The molecule has 0 aliphatic carbocycles. The number of benzene rings is 1. The van der Waals surface area contributed by atoms with E-state index in [1.807, 2.05) is 30.3 Å². The number of carboxylic acids is 1. The Hall–Kier alpha value is -2.25. The van der Waals surface area contributed by atoms with Gasteiger partial charge in [0.15, 0.2) is 0 Å². The molecule has 0 radical (unpaired) electrons. The van der Waals surface area contributed by atoms with E-state index < -0.39 is 23.4 Å². The van der Waals surface area contributed by atoms with Crippen molar-refractivity contribution in [3.05, 3.63) is 52.0 Å². The summed E-state index contributed by atoms with van der Waals surface area (Å²) in [6.45, 7) is 1.95. The number of hydrogen-bond donors (Lipinski definition) is 2. The Morgan fingerprint density at radius 3 is 2.70 bits per heavy atom. The molecule has 7 heteroatoms. The molecule has 0 saturated carbocycles. The van der Waals surface area contributed by atoms with Crippen LogP contribution in [-0.2, 0) is 21.7 Å². The van der Waals surface area contributed by atoms with E-state index in [0.717, 1.165) is 16.9 Å². The molecule has 120 valence electrons. The lowest BCUT2D eigenvalue weighted by Gasteiger charge is -2.22. The maximum Gasteiger partial charge on any atom is 0.312 e. The maximum absolute atomic E-state index is 12.7. The van der Waals surface area contributed by atoms with Crippen molar-refractivity contribution < 1.29 is 19.8 Å².